The van der Waals surface area contributed by atoms with Crippen LogP contribution in [0.5, 0.6) is 0 Å². The van der Waals surface area contributed by atoms with Crippen LogP contribution in [0.15, 0.2) is 51.4 Å². The molecule has 0 saturated carbocycles. The van der Waals surface area contributed by atoms with Crippen molar-refractivity contribution in [1.29, 1.82) is 0 Å². The Kier molecular flexibility index (Phi) is 4.08. The second kappa shape index (κ2) is 6.00. The lowest BCUT2D eigenvalue weighted by atomic mass is 10.1. The van der Waals surface area contributed by atoms with Gasteiger partial charge in [-0.05, 0) is 31.2 Å². The van der Waals surface area contributed by atoms with Crippen LogP contribution in [-0.4, -0.2) is 0 Å². The van der Waals surface area contributed by atoms with E-state index in [-0.39, 0.29) is 5.82 Å². The molecule has 0 unspecified atom stereocenters. The van der Waals surface area contributed by atoms with Gasteiger partial charge in [-0.25, -0.2) is 4.39 Å². The molecule has 108 valence electrons. The number of hydrogen-bond acceptors (Lipinski definition) is 2. The Balaban J connectivity index is 1.75. The highest BCUT2D eigenvalue weighted by Gasteiger charge is 2.10. The summed E-state index contributed by atoms with van der Waals surface area (Å²) in [6.45, 7) is 3.08. The summed E-state index contributed by atoms with van der Waals surface area (Å²) in [4.78, 5) is 0. The molecule has 0 atom stereocenters. The molecule has 1 N–H and O–H groups in total. The smallest absolute Gasteiger partial charge is 0.134 e. The molecule has 0 aliphatic carbocycles. The molecule has 0 saturated heterocycles. The van der Waals surface area contributed by atoms with E-state index in [9.17, 15) is 4.39 Å². The first-order valence-corrected chi connectivity index (χ1v) is 7.56. The summed E-state index contributed by atoms with van der Waals surface area (Å²) in [7, 11) is 0. The highest BCUT2D eigenvalue weighted by atomic mass is 79.9. The summed E-state index contributed by atoms with van der Waals surface area (Å²) in [5.41, 5.74) is 2.66. The van der Waals surface area contributed by atoms with Gasteiger partial charge in [-0.2, -0.15) is 0 Å². The van der Waals surface area contributed by atoms with Gasteiger partial charge in [0.1, 0.15) is 17.2 Å². The van der Waals surface area contributed by atoms with Crippen LogP contribution in [0.3, 0.4) is 0 Å². The van der Waals surface area contributed by atoms with Gasteiger partial charge in [0.2, 0.25) is 0 Å². The highest BCUT2D eigenvalue weighted by molar-refractivity contribution is 9.10. The van der Waals surface area contributed by atoms with Crippen LogP contribution < -0.4 is 5.32 Å². The SMILES string of the molecule is Cc1oc2ccccc2c1CNCc1cc(Br)ccc1F. The minimum Gasteiger partial charge on any atom is -0.461 e. The van der Waals surface area contributed by atoms with E-state index in [1.54, 1.807) is 12.1 Å². The Morgan fingerprint density at radius 1 is 1.14 bits per heavy atom. The fourth-order valence-corrected chi connectivity index (χ4v) is 2.85. The fraction of sp³-hybridized carbons (Fsp3) is 0.176. The van der Waals surface area contributed by atoms with E-state index in [1.807, 2.05) is 31.2 Å². The van der Waals surface area contributed by atoms with E-state index < -0.39 is 0 Å². The summed E-state index contributed by atoms with van der Waals surface area (Å²) in [6, 6.07) is 12.9. The van der Waals surface area contributed by atoms with Crippen molar-refractivity contribution in [3.63, 3.8) is 0 Å². The molecular weight excluding hydrogens is 333 g/mol. The summed E-state index contributed by atoms with van der Waals surface area (Å²) in [5, 5.41) is 4.39. The minimum atomic E-state index is -0.195. The zero-order chi connectivity index (χ0) is 14.8. The van der Waals surface area contributed by atoms with Crippen LogP contribution in [0.2, 0.25) is 0 Å². The molecule has 0 aliphatic heterocycles. The van der Waals surface area contributed by atoms with Crippen molar-refractivity contribution in [1.82, 2.24) is 5.32 Å². The van der Waals surface area contributed by atoms with Gasteiger partial charge in [0, 0.05) is 34.1 Å². The van der Waals surface area contributed by atoms with Crippen LogP contribution in [-0.2, 0) is 13.1 Å². The molecule has 1 aromatic heterocycles. The summed E-state index contributed by atoms with van der Waals surface area (Å²) in [6.07, 6.45) is 0. The molecule has 0 spiro atoms. The molecule has 0 aliphatic rings. The van der Waals surface area contributed by atoms with Crippen molar-refractivity contribution in [3.8, 4) is 0 Å². The molecule has 2 aromatic carbocycles. The zero-order valence-electron chi connectivity index (χ0n) is 11.6. The second-order valence-electron chi connectivity index (χ2n) is 4.97. The van der Waals surface area contributed by atoms with Crippen LogP contribution in [0, 0.1) is 12.7 Å². The third-order valence-corrected chi connectivity index (χ3v) is 4.02. The second-order valence-corrected chi connectivity index (χ2v) is 5.89. The van der Waals surface area contributed by atoms with Gasteiger partial charge in [-0.3, -0.25) is 0 Å². The summed E-state index contributed by atoms with van der Waals surface area (Å²) < 4.78 is 20.3. The van der Waals surface area contributed by atoms with Gasteiger partial charge in [0.25, 0.3) is 0 Å². The molecule has 3 rings (SSSR count). The minimum absolute atomic E-state index is 0.195. The average Bonchev–Trinajstić information content (AvgIpc) is 2.79. The van der Waals surface area contributed by atoms with Gasteiger partial charge in [-0.15, -0.1) is 0 Å². The van der Waals surface area contributed by atoms with Crippen LogP contribution >= 0.6 is 15.9 Å². The van der Waals surface area contributed by atoms with E-state index in [0.29, 0.717) is 18.7 Å². The molecular formula is C17H15BrFNO. The molecule has 4 heteroatoms. The monoisotopic (exact) mass is 347 g/mol. The Morgan fingerprint density at radius 2 is 1.95 bits per heavy atom. The number of fused-ring (bicyclic) bond motifs is 1. The predicted molar refractivity (Wildman–Crippen MR) is 85.6 cm³/mol. The summed E-state index contributed by atoms with van der Waals surface area (Å²) >= 11 is 3.36. The van der Waals surface area contributed by atoms with Gasteiger partial charge >= 0.3 is 0 Å². The zero-order valence-corrected chi connectivity index (χ0v) is 13.2. The van der Waals surface area contributed by atoms with Crippen molar-refractivity contribution < 1.29 is 8.81 Å². The number of rotatable bonds is 4. The quantitative estimate of drug-likeness (QED) is 0.723. The Labute approximate surface area is 131 Å². The van der Waals surface area contributed by atoms with Gasteiger partial charge in [-0.1, -0.05) is 34.1 Å². The Morgan fingerprint density at radius 3 is 2.81 bits per heavy atom. The predicted octanol–water partition coefficient (Wildman–Crippen LogP) is 4.93. The molecule has 3 aromatic rings. The Hall–Kier alpha value is -1.65. The number of halogens is 2. The van der Waals surface area contributed by atoms with Gasteiger partial charge in [0.15, 0.2) is 0 Å². The molecule has 1 heterocycles. The first-order chi connectivity index (χ1) is 10.1. The normalized spacial score (nSPS) is 11.2. The number of benzene rings is 2. The third-order valence-electron chi connectivity index (χ3n) is 3.53. The first kappa shape index (κ1) is 14.3. The fourth-order valence-electron chi connectivity index (χ4n) is 2.44. The van der Waals surface area contributed by atoms with Crippen molar-refractivity contribution in [2.45, 2.75) is 20.0 Å². The third kappa shape index (κ3) is 3.01. The maximum atomic E-state index is 13.7. The molecule has 0 fully saturated rings. The van der Waals surface area contributed by atoms with Gasteiger partial charge in [0.05, 0.1) is 0 Å². The lowest BCUT2D eigenvalue weighted by Crippen LogP contribution is -2.14. The van der Waals surface area contributed by atoms with Crippen molar-refractivity contribution >= 4 is 26.9 Å². The van der Waals surface area contributed by atoms with Crippen LogP contribution in [0.1, 0.15) is 16.9 Å². The number of para-hydroxylation sites is 1. The van der Waals surface area contributed by atoms with Crippen molar-refractivity contribution in [2.24, 2.45) is 0 Å². The number of hydrogen-bond donors (Lipinski definition) is 1. The van der Waals surface area contributed by atoms with E-state index in [4.69, 9.17) is 4.42 Å². The molecule has 2 nitrogen and oxygen atoms in total. The van der Waals surface area contributed by atoms with Gasteiger partial charge < -0.3 is 9.73 Å². The van der Waals surface area contributed by atoms with Crippen LogP contribution in [0.4, 0.5) is 4.39 Å². The molecule has 0 bridgehead atoms. The number of nitrogens with one attached hydrogen (secondary N) is 1. The lowest BCUT2D eigenvalue weighted by Gasteiger charge is -2.06. The lowest BCUT2D eigenvalue weighted by molar-refractivity contribution is 0.560. The Bertz CT molecular complexity index is 782. The average molecular weight is 348 g/mol. The van der Waals surface area contributed by atoms with E-state index >= 15 is 0 Å². The molecule has 0 radical (unpaired) electrons. The topological polar surface area (TPSA) is 25.2 Å². The largest absolute Gasteiger partial charge is 0.461 e. The van der Waals surface area contributed by atoms with E-state index in [1.165, 1.54) is 6.07 Å². The van der Waals surface area contributed by atoms with E-state index in [0.717, 1.165) is 26.8 Å². The summed E-state index contributed by atoms with van der Waals surface area (Å²) in [5.74, 6) is 0.706. The van der Waals surface area contributed by atoms with E-state index in [2.05, 4.69) is 21.2 Å². The van der Waals surface area contributed by atoms with Crippen molar-refractivity contribution in [2.75, 3.05) is 0 Å². The molecule has 0 amide bonds. The van der Waals surface area contributed by atoms with Crippen molar-refractivity contribution in [3.05, 3.63) is 69.6 Å². The molecule has 21 heavy (non-hydrogen) atoms. The first-order valence-electron chi connectivity index (χ1n) is 6.77. The maximum Gasteiger partial charge on any atom is 0.134 e. The van der Waals surface area contributed by atoms with Crippen LogP contribution in [0.25, 0.3) is 11.0 Å². The number of furan rings is 1. The maximum absolute atomic E-state index is 13.7. The highest BCUT2D eigenvalue weighted by Crippen LogP contribution is 2.25. The standard InChI is InChI=1S/C17H15BrFNO/c1-11-15(14-4-2-3-5-17(14)21-11)10-20-9-12-8-13(18)6-7-16(12)19/h2-8,20H,9-10H2,1H3. The number of aryl methyl sites for hydroxylation is 1.